The lowest BCUT2D eigenvalue weighted by Gasteiger charge is -2.40. The van der Waals surface area contributed by atoms with E-state index >= 15 is 0 Å². The Morgan fingerprint density at radius 2 is 1.20 bits per heavy atom. The third-order valence-electron chi connectivity index (χ3n) is 10.6. The molecule has 4 heterocycles. The third-order valence-corrected chi connectivity index (χ3v) is 15.3. The van der Waals surface area contributed by atoms with Gasteiger partial charge in [-0.15, -0.1) is 0 Å². The molecule has 1 aliphatic heterocycles. The molecule has 0 spiro atoms. The molecule has 10 rings (SSSR count). The van der Waals surface area contributed by atoms with E-state index in [1.807, 2.05) is 12.3 Å². The summed E-state index contributed by atoms with van der Waals surface area (Å²) in [7, 11) is -3.19. The van der Waals surface area contributed by atoms with Gasteiger partial charge in [0, 0.05) is 28.1 Å². The van der Waals surface area contributed by atoms with Gasteiger partial charge in [-0.2, -0.15) is 0 Å². The molecule has 6 aromatic carbocycles. The van der Waals surface area contributed by atoms with Gasteiger partial charge >= 0.3 is 0 Å². The highest BCUT2D eigenvalue weighted by Gasteiger charge is 2.48. The first-order valence-electron chi connectivity index (χ1n) is 17.3. The van der Waals surface area contributed by atoms with Crippen molar-refractivity contribution < 1.29 is 4.74 Å². The summed E-state index contributed by atoms with van der Waals surface area (Å²) in [5.41, 5.74) is 6.09. The molecule has 0 saturated carbocycles. The number of para-hydroxylation sites is 6. The van der Waals surface area contributed by atoms with Crippen LogP contribution in [-0.2, 0) is 5.41 Å². The summed E-state index contributed by atoms with van der Waals surface area (Å²) >= 11 is 0. The minimum atomic E-state index is -3.19. The Morgan fingerprint density at radius 1 is 0.569 bits per heavy atom. The average molecular weight is 676 g/mol. The third kappa shape index (κ3) is 4.19. The SMILES string of the molecule is CC1(C)c2ccccc2Oc2c1cccc2[Si](c1ccccc1)(c1ccccc1)c1ccnc(-n2c3ccccc3n3c4ccccc4nc23)n1. The Morgan fingerprint density at radius 3 is 1.96 bits per heavy atom. The monoisotopic (exact) mass is 675 g/mol. The summed E-state index contributed by atoms with van der Waals surface area (Å²) < 4.78 is 11.3. The van der Waals surface area contributed by atoms with E-state index in [1.54, 1.807) is 0 Å². The maximum Gasteiger partial charge on any atom is 0.236 e. The summed E-state index contributed by atoms with van der Waals surface area (Å²) in [5, 5.41) is 4.54. The quantitative estimate of drug-likeness (QED) is 0.145. The Bertz CT molecular complexity index is 2730. The molecule has 9 aromatic rings. The molecule has 1 aliphatic rings. The molecule has 7 heteroatoms. The van der Waals surface area contributed by atoms with Crippen molar-refractivity contribution in [1.82, 2.24) is 23.9 Å². The van der Waals surface area contributed by atoms with Crippen molar-refractivity contribution >= 4 is 56.8 Å². The molecule has 51 heavy (non-hydrogen) atoms. The molecule has 0 aliphatic carbocycles. The molecular weight excluding hydrogens is 643 g/mol. The number of ether oxygens (including phenoxy) is 1. The number of imidazole rings is 2. The van der Waals surface area contributed by atoms with Crippen LogP contribution in [0.3, 0.4) is 0 Å². The molecule has 0 saturated heterocycles. The first-order chi connectivity index (χ1) is 25.1. The zero-order chi connectivity index (χ0) is 34.2. The Labute approximate surface area is 296 Å². The minimum Gasteiger partial charge on any atom is -0.457 e. The van der Waals surface area contributed by atoms with Crippen LogP contribution in [0.15, 0.2) is 164 Å². The molecule has 0 unspecified atom stereocenters. The molecule has 0 radical (unpaired) electrons. The Hall–Kier alpha value is -6.31. The number of rotatable bonds is 5. The molecule has 0 N–H and O–H groups in total. The van der Waals surface area contributed by atoms with Crippen molar-refractivity contribution in [3.63, 3.8) is 0 Å². The highest BCUT2D eigenvalue weighted by molar-refractivity contribution is 7.19. The highest BCUT2D eigenvalue weighted by atomic mass is 28.3. The summed E-state index contributed by atoms with van der Waals surface area (Å²) in [4.78, 5) is 15.7. The fourth-order valence-electron chi connectivity index (χ4n) is 8.26. The first kappa shape index (κ1) is 29.6. The number of aromatic nitrogens is 5. The van der Waals surface area contributed by atoms with Gasteiger partial charge in [0.25, 0.3) is 0 Å². The molecule has 6 nitrogen and oxygen atoms in total. The maximum absolute atomic E-state index is 7.04. The summed E-state index contributed by atoms with van der Waals surface area (Å²) in [6.45, 7) is 4.59. The van der Waals surface area contributed by atoms with Crippen LogP contribution in [0.1, 0.15) is 25.0 Å². The molecule has 0 fully saturated rings. The van der Waals surface area contributed by atoms with Crippen LogP contribution in [-0.4, -0.2) is 32.0 Å². The molecule has 3 aromatic heterocycles. The largest absolute Gasteiger partial charge is 0.457 e. The predicted octanol–water partition coefficient (Wildman–Crippen LogP) is 7.03. The maximum atomic E-state index is 7.04. The van der Waals surface area contributed by atoms with Crippen molar-refractivity contribution in [3.05, 3.63) is 175 Å². The van der Waals surface area contributed by atoms with Gasteiger partial charge in [0.15, 0.2) is 0 Å². The second kappa shape index (κ2) is 11.1. The van der Waals surface area contributed by atoms with Crippen LogP contribution < -0.4 is 25.6 Å². The van der Waals surface area contributed by atoms with Crippen LogP contribution in [0.2, 0.25) is 0 Å². The first-order valence-corrected chi connectivity index (χ1v) is 19.3. The lowest BCUT2D eigenvalue weighted by Crippen LogP contribution is -2.75. The predicted molar refractivity (Wildman–Crippen MR) is 207 cm³/mol. The lowest BCUT2D eigenvalue weighted by molar-refractivity contribution is 0.421. The Kier molecular flexibility index (Phi) is 6.44. The van der Waals surface area contributed by atoms with E-state index in [0.29, 0.717) is 5.95 Å². The minimum absolute atomic E-state index is 0.275. The molecule has 0 bridgehead atoms. The van der Waals surface area contributed by atoms with Crippen molar-refractivity contribution in [2.45, 2.75) is 19.3 Å². The van der Waals surface area contributed by atoms with Crippen molar-refractivity contribution in [2.24, 2.45) is 0 Å². The van der Waals surface area contributed by atoms with E-state index in [9.17, 15) is 0 Å². The van der Waals surface area contributed by atoms with Crippen molar-refractivity contribution in [3.8, 4) is 17.4 Å². The zero-order valence-electron chi connectivity index (χ0n) is 28.2. The van der Waals surface area contributed by atoms with Gasteiger partial charge in [0.05, 0.1) is 22.1 Å². The van der Waals surface area contributed by atoms with Gasteiger partial charge in [-0.05, 0) is 52.0 Å². The fourth-order valence-corrected chi connectivity index (χ4v) is 12.9. The van der Waals surface area contributed by atoms with Crippen LogP contribution in [0.25, 0.3) is 33.8 Å². The van der Waals surface area contributed by atoms with Gasteiger partial charge in [0.2, 0.25) is 19.8 Å². The van der Waals surface area contributed by atoms with E-state index < -0.39 is 8.07 Å². The van der Waals surface area contributed by atoms with Crippen LogP contribution >= 0.6 is 0 Å². The van der Waals surface area contributed by atoms with Gasteiger partial charge in [0.1, 0.15) is 11.5 Å². The van der Waals surface area contributed by atoms with Gasteiger partial charge in [-0.3, -0.25) is 4.40 Å². The van der Waals surface area contributed by atoms with Gasteiger partial charge in [-0.1, -0.05) is 135 Å². The van der Waals surface area contributed by atoms with Crippen molar-refractivity contribution in [2.75, 3.05) is 0 Å². The van der Waals surface area contributed by atoms with E-state index in [2.05, 4.69) is 174 Å². The molecular formula is C44H33N5OSi. The molecule has 0 atom stereocenters. The molecule has 0 amide bonds. The lowest BCUT2D eigenvalue weighted by atomic mass is 9.76. The van der Waals surface area contributed by atoms with E-state index in [4.69, 9.17) is 19.7 Å². The summed E-state index contributed by atoms with van der Waals surface area (Å²) in [6.07, 6.45) is 1.91. The number of hydrogen-bond acceptors (Lipinski definition) is 4. The van der Waals surface area contributed by atoms with E-state index in [1.165, 1.54) is 21.5 Å². The van der Waals surface area contributed by atoms with Gasteiger partial charge in [-0.25, -0.2) is 19.5 Å². The number of hydrogen-bond donors (Lipinski definition) is 0. The zero-order valence-corrected chi connectivity index (χ0v) is 29.2. The second-order valence-electron chi connectivity index (χ2n) is 13.7. The van der Waals surface area contributed by atoms with E-state index in [0.717, 1.165) is 49.8 Å². The Balaban J connectivity index is 1.31. The number of benzene rings is 6. The highest BCUT2D eigenvalue weighted by Crippen LogP contribution is 2.47. The normalized spacial score (nSPS) is 13.6. The smallest absolute Gasteiger partial charge is 0.236 e. The fraction of sp³-hybridized carbons (Fsp3) is 0.0682. The number of nitrogens with zero attached hydrogens (tertiary/aromatic N) is 5. The van der Waals surface area contributed by atoms with Crippen molar-refractivity contribution in [1.29, 1.82) is 0 Å². The standard InChI is InChI=1S/C44H33N5OSi/c1-44(2)32-20-9-14-26-38(32)50-41-33(44)21-15-27-39(41)51(30-16-5-3-6-17-30,31-18-7-4-8-19-31)40-28-29-45-42(47-40)49-37-25-13-12-24-36(37)48-35-23-11-10-22-34(35)46-43(48)49/h3-29H,1-2H3. The van der Waals surface area contributed by atoms with Gasteiger partial charge < -0.3 is 4.74 Å². The second-order valence-corrected chi connectivity index (χ2v) is 17.4. The van der Waals surface area contributed by atoms with E-state index in [-0.39, 0.29) is 5.41 Å². The topological polar surface area (TPSA) is 57.2 Å². The summed E-state index contributed by atoms with van der Waals surface area (Å²) in [6, 6.07) is 55.6. The average Bonchev–Trinajstić information content (AvgIpc) is 3.71. The van der Waals surface area contributed by atoms with Crippen LogP contribution in [0.4, 0.5) is 0 Å². The summed E-state index contributed by atoms with van der Waals surface area (Å²) in [5.74, 6) is 3.16. The van der Waals surface area contributed by atoms with Crippen LogP contribution in [0.5, 0.6) is 11.5 Å². The number of fused-ring (bicyclic) bond motifs is 7. The molecule has 244 valence electrons. The van der Waals surface area contributed by atoms with Crippen LogP contribution in [0, 0.1) is 0 Å².